The van der Waals surface area contributed by atoms with E-state index in [1.54, 1.807) is 0 Å². The fourth-order valence-corrected chi connectivity index (χ4v) is 6.60. The van der Waals surface area contributed by atoms with Gasteiger partial charge in [0.25, 0.3) is 0 Å². The van der Waals surface area contributed by atoms with Crippen molar-refractivity contribution >= 4 is 40.6 Å². The minimum absolute atomic E-state index is 0.0519. The first-order chi connectivity index (χ1) is 14.8. The number of carbonyl (C=O) groups is 1. The van der Waals surface area contributed by atoms with Crippen LogP contribution in [0.5, 0.6) is 0 Å². The molecule has 1 fully saturated rings. The predicted octanol–water partition coefficient (Wildman–Crippen LogP) is 2.82. The standard InChI is InChI=1S/C20H21N7OS2/c28-15(23-12-6-2-1-3-7-12)10-29-20-25-24-19-26(20)18-16(17-21-11-22-27(17)19)13-8-4-5-9-14(13)30-18/h1-3,6-7,17,21-22H,4-5,8-11H2,(H,23,28). The number of carbonyl (C=O) groups excluding carboxylic acids is 1. The second kappa shape index (κ2) is 7.38. The molecular weight excluding hydrogens is 418 g/mol. The first kappa shape index (κ1) is 18.4. The van der Waals surface area contributed by atoms with Crippen LogP contribution < -0.4 is 21.1 Å². The summed E-state index contributed by atoms with van der Waals surface area (Å²) >= 11 is 3.28. The molecule has 1 atom stereocenters. The van der Waals surface area contributed by atoms with Crippen LogP contribution in [0.15, 0.2) is 35.5 Å². The van der Waals surface area contributed by atoms with Gasteiger partial charge in [0.1, 0.15) is 11.2 Å². The van der Waals surface area contributed by atoms with Crippen LogP contribution in [0.3, 0.4) is 0 Å². The Kier molecular flexibility index (Phi) is 4.52. The van der Waals surface area contributed by atoms with E-state index in [1.807, 2.05) is 41.7 Å². The Morgan fingerprint density at radius 3 is 3.00 bits per heavy atom. The van der Waals surface area contributed by atoms with Gasteiger partial charge in [-0.15, -0.1) is 21.5 Å². The molecule has 0 radical (unpaired) electrons. The summed E-state index contributed by atoms with van der Waals surface area (Å²) in [6.45, 7) is 0.698. The normalized spacial score (nSPS) is 19.1. The minimum atomic E-state index is -0.0519. The first-order valence-electron chi connectivity index (χ1n) is 10.1. The van der Waals surface area contributed by atoms with E-state index in [-0.39, 0.29) is 17.8 Å². The number of fused-ring (bicyclic) bond motifs is 8. The highest BCUT2D eigenvalue weighted by Crippen LogP contribution is 2.47. The van der Waals surface area contributed by atoms with Gasteiger partial charge in [-0.3, -0.25) is 15.1 Å². The molecule has 0 saturated carbocycles. The van der Waals surface area contributed by atoms with Crippen molar-refractivity contribution < 1.29 is 4.79 Å². The molecule has 1 amide bonds. The number of rotatable bonds is 4. The smallest absolute Gasteiger partial charge is 0.249 e. The molecule has 4 heterocycles. The van der Waals surface area contributed by atoms with Crippen molar-refractivity contribution in [1.82, 2.24) is 25.5 Å². The summed E-state index contributed by atoms with van der Waals surface area (Å²) in [4.78, 5) is 13.9. The molecule has 2 aliphatic heterocycles. The summed E-state index contributed by atoms with van der Waals surface area (Å²) in [7, 11) is 0. The Bertz CT molecular complexity index is 1110. The molecule has 10 heteroatoms. The number of nitrogens with one attached hydrogen (secondary N) is 3. The second-order valence-electron chi connectivity index (χ2n) is 7.56. The lowest BCUT2D eigenvalue weighted by atomic mass is 9.94. The van der Waals surface area contributed by atoms with Crippen molar-refractivity contribution in [1.29, 1.82) is 0 Å². The fourth-order valence-electron chi connectivity index (χ4n) is 4.39. The van der Waals surface area contributed by atoms with E-state index in [1.165, 1.54) is 45.6 Å². The molecule has 3 N–H and O–H groups in total. The second-order valence-corrected chi connectivity index (χ2v) is 9.59. The van der Waals surface area contributed by atoms with Gasteiger partial charge in [-0.1, -0.05) is 30.0 Å². The third-order valence-corrected chi connectivity index (χ3v) is 7.92. The van der Waals surface area contributed by atoms with E-state index < -0.39 is 0 Å². The number of nitrogens with zero attached hydrogens (tertiary/aromatic N) is 4. The Hall–Kier alpha value is -2.40. The lowest BCUT2D eigenvalue weighted by molar-refractivity contribution is -0.113. The summed E-state index contributed by atoms with van der Waals surface area (Å²) < 4.78 is 2.12. The quantitative estimate of drug-likeness (QED) is 0.539. The van der Waals surface area contributed by atoms with E-state index in [4.69, 9.17) is 0 Å². The number of anilines is 2. The Morgan fingerprint density at radius 1 is 1.23 bits per heavy atom. The average Bonchev–Trinajstić information content (AvgIpc) is 3.48. The molecule has 1 unspecified atom stereocenters. The van der Waals surface area contributed by atoms with Crippen molar-refractivity contribution in [2.75, 3.05) is 22.7 Å². The van der Waals surface area contributed by atoms with Crippen LogP contribution >= 0.6 is 23.1 Å². The van der Waals surface area contributed by atoms with Crippen molar-refractivity contribution in [2.45, 2.75) is 37.0 Å². The summed E-state index contributed by atoms with van der Waals surface area (Å²) in [5.74, 6) is 1.01. The van der Waals surface area contributed by atoms with E-state index >= 15 is 0 Å². The molecule has 30 heavy (non-hydrogen) atoms. The third kappa shape index (κ3) is 2.94. The molecule has 3 aliphatic rings. The fraction of sp³-hybridized carbons (Fsp3) is 0.350. The highest BCUT2D eigenvalue weighted by molar-refractivity contribution is 7.99. The lowest BCUT2D eigenvalue weighted by Gasteiger charge is -2.31. The Balaban J connectivity index is 1.31. The number of hydrogen-bond acceptors (Lipinski definition) is 8. The number of hydrogen-bond donors (Lipinski definition) is 3. The van der Waals surface area contributed by atoms with Crippen LogP contribution in [0.4, 0.5) is 11.6 Å². The average molecular weight is 440 g/mol. The zero-order valence-corrected chi connectivity index (χ0v) is 17.9. The van der Waals surface area contributed by atoms with Crippen LogP contribution in [0, 0.1) is 0 Å². The number of amides is 1. The Morgan fingerprint density at radius 2 is 2.10 bits per heavy atom. The van der Waals surface area contributed by atoms with Crippen LogP contribution in [-0.2, 0) is 17.6 Å². The third-order valence-electron chi connectivity index (χ3n) is 5.69. The van der Waals surface area contributed by atoms with Gasteiger partial charge >= 0.3 is 0 Å². The minimum Gasteiger partial charge on any atom is -0.325 e. The summed E-state index contributed by atoms with van der Waals surface area (Å²) in [6, 6.07) is 9.52. The molecule has 2 aromatic heterocycles. The van der Waals surface area contributed by atoms with E-state index in [9.17, 15) is 4.79 Å². The van der Waals surface area contributed by atoms with Crippen molar-refractivity contribution in [3.63, 3.8) is 0 Å². The van der Waals surface area contributed by atoms with Crippen LogP contribution in [0.25, 0.3) is 5.00 Å². The first-order valence-corrected chi connectivity index (χ1v) is 11.9. The van der Waals surface area contributed by atoms with Crippen LogP contribution in [0.2, 0.25) is 0 Å². The molecule has 0 bridgehead atoms. The molecule has 0 spiro atoms. The Labute approximate surface area is 182 Å². The van der Waals surface area contributed by atoms with Gasteiger partial charge in [0.15, 0.2) is 5.16 Å². The van der Waals surface area contributed by atoms with Gasteiger partial charge in [0, 0.05) is 16.1 Å². The highest BCUT2D eigenvalue weighted by atomic mass is 32.2. The van der Waals surface area contributed by atoms with Crippen LogP contribution in [-0.4, -0.2) is 33.1 Å². The van der Waals surface area contributed by atoms with E-state index in [0.717, 1.165) is 29.6 Å². The van der Waals surface area contributed by atoms with Gasteiger partial charge in [-0.25, -0.2) is 9.99 Å². The van der Waals surface area contributed by atoms with Gasteiger partial charge in [0.2, 0.25) is 11.9 Å². The molecule has 6 rings (SSSR count). The number of thioether (sulfide) groups is 1. The number of hydrazine groups is 1. The summed E-state index contributed by atoms with van der Waals surface area (Å²) in [5.41, 5.74) is 7.02. The molecule has 3 aromatic rings. The molecular formula is C20H21N7OS2. The largest absolute Gasteiger partial charge is 0.325 e. The van der Waals surface area contributed by atoms with Crippen molar-refractivity contribution in [2.24, 2.45) is 0 Å². The SMILES string of the molecule is O=C(CSc1nnc2n1-c1sc3c(c1C1NCNN21)CCCC3)Nc1ccccc1. The number of thiophene rings is 1. The summed E-state index contributed by atoms with van der Waals surface area (Å²) in [6.07, 6.45) is 4.86. The molecule has 8 nitrogen and oxygen atoms in total. The zero-order valence-electron chi connectivity index (χ0n) is 16.2. The topological polar surface area (TPSA) is 87.1 Å². The summed E-state index contributed by atoms with van der Waals surface area (Å²) in [5, 5.41) is 19.4. The maximum atomic E-state index is 12.4. The molecule has 1 aromatic carbocycles. The van der Waals surface area contributed by atoms with Crippen LogP contribution in [0.1, 0.15) is 35.0 Å². The zero-order chi connectivity index (χ0) is 20.1. The molecule has 154 valence electrons. The van der Waals surface area contributed by atoms with Crippen molar-refractivity contribution in [3.8, 4) is 5.00 Å². The number of benzene rings is 1. The van der Waals surface area contributed by atoms with Crippen molar-refractivity contribution in [3.05, 3.63) is 46.3 Å². The number of aryl methyl sites for hydroxylation is 1. The highest BCUT2D eigenvalue weighted by Gasteiger charge is 2.41. The van der Waals surface area contributed by atoms with Gasteiger partial charge in [-0.2, -0.15) is 0 Å². The molecule has 1 saturated heterocycles. The number of aromatic nitrogens is 3. The maximum Gasteiger partial charge on any atom is 0.249 e. The maximum absolute atomic E-state index is 12.4. The van der Waals surface area contributed by atoms with Gasteiger partial charge in [0.05, 0.1) is 12.4 Å². The predicted molar refractivity (Wildman–Crippen MR) is 118 cm³/mol. The monoisotopic (exact) mass is 439 g/mol. The molecule has 1 aliphatic carbocycles. The lowest BCUT2D eigenvalue weighted by Crippen LogP contribution is -2.39. The van der Waals surface area contributed by atoms with E-state index in [0.29, 0.717) is 6.67 Å². The number of para-hydroxylation sites is 1. The van der Waals surface area contributed by atoms with Gasteiger partial charge < -0.3 is 5.32 Å². The van der Waals surface area contributed by atoms with E-state index in [2.05, 4.69) is 35.8 Å². The van der Waals surface area contributed by atoms with Gasteiger partial charge in [-0.05, 0) is 43.4 Å².